The van der Waals surface area contributed by atoms with E-state index in [1.54, 1.807) is 0 Å². The van der Waals surface area contributed by atoms with E-state index in [0.717, 1.165) is 19.0 Å². The van der Waals surface area contributed by atoms with Crippen LogP contribution < -0.4 is 5.32 Å². The Morgan fingerprint density at radius 3 is 2.17 bits per heavy atom. The van der Waals surface area contributed by atoms with Crippen molar-refractivity contribution in [1.82, 2.24) is 10.2 Å². The largest absolute Gasteiger partial charge is 0.313 e. The van der Waals surface area contributed by atoms with Crippen molar-refractivity contribution in [2.75, 3.05) is 27.2 Å². The maximum atomic E-state index is 3.52. The van der Waals surface area contributed by atoms with Crippen LogP contribution in [0.25, 0.3) is 0 Å². The van der Waals surface area contributed by atoms with E-state index in [-0.39, 0.29) is 0 Å². The molecular formula is C10H24N2. The molecule has 12 heavy (non-hydrogen) atoms. The normalized spacial score (nSPS) is 16.5. The molecule has 74 valence electrons. The molecule has 1 N–H and O–H groups in total. The lowest BCUT2D eigenvalue weighted by atomic mass is 9.99. The maximum Gasteiger partial charge on any atom is 0.0220 e. The van der Waals surface area contributed by atoms with E-state index in [9.17, 15) is 0 Å². The van der Waals surface area contributed by atoms with Crippen LogP contribution >= 0.6 is 0 Å². The monoisotopic (exact) mass is 172 g/mol. The van der Waals surface area contributed by atoms with Crippen molar-refractivity contribution in [3.63, 3.8) is 0 Å². The molecule has 0 aliphatic carbocycles. The second-order valence-electron chi connectivity index (χ2n) is 3.81. The molecule has 0 aliphatic heterocycles. The summed E-state index contributed by atoms with van der Waals surface area (Å²) in [5.41, 5.74) is 0. The van der Waals surface area contributed by atoms with Crippen LogP contribution in [0.4, 0.5) is 0 Å². The Kier molecular flexibility index (Phi) is 6.39. The summed E-state index contributed by atoms with van der Waals surface area (Å²) in [4.78, 5) is 2.25. The Bertz CT molecular complexity index is 102. The van der Waals surface area contributed by atoms with Crippen LogP contribution in [-0.2, 0) is 0 Å². The van der Waals surface area contributed by atoms with Gasteiger partial charge >= 0.3 is 0 Å². The van der Waals surface area contributed by atoms with Crippen molar-refractivity contribution >= 4 is 0 Å². The van der Waals surface area contributed by atoms with Gasteiger partial charge in [-0.1, -0.05) is 27.2 Å². The van der Waals surface area contributed by atoms with Gasteiger partial charge in [-0.2, -0.15) is 0 Å². The molecule has 0 aliphatic rings. The van der Waals surface area contributed by atoms with Crippen molar-refractivity contribution in [3.05, 3.63) is 0 Å². The summed E-state index contributed by atoms with van der Waals surface area (Å²) in [6.07, 6.45) is 1.26. The second kappa shape index (κ2) is 6.44. The quantitative estimate of drug-likeness (QED) is 0.654. The minimum Gasteiger partial charge on any atom is -0.313 e. The lowest BCUT2D eigenvalue weighted by Gasteiger charge is -2.26. The molecule has 0 saturated heterocycles. The fourth-order valence-corrected chi connectivity index (χ4v) is 1.39. The molecule has 0 rings (SSSR count). The molecule has 0 fully saturated rings. The molecule has 2 unspecified atom stereocenters. The first kappa shape index (κ1) is 11.9. The van der Waals surface area contributed by atoms with Crippen molar-refractivity contribution in [1.29, 1.82) is 0 Å². The third kappa shape index (κ3) is 4.73. The molecule has 0 bridgehead atoms. The van der Waals surface area contributed by atoms with Crippen LogP contribution in [0.15, 0.2) is 0 Å². The number of nitrogens with zero attached hydrogens (tertiary/aromatic N) is 1. The summed E-state index contributed by atoms with van der Waals surface area (Å²) in [6, 6.07) is 0.648. The van der Waals surface area contributed by atoms with E-state index in [0.29, 0.717) is 6.04 Å². The summed E-state index contributed by atoms with van der Waals surface area (Å²) in [6.45, 7) is 8.96. The smallest absolute Gasteiger partial charge is 0.0220 e. The fraction of sp³-hybridized carbons (Fsp3) is 1.00. The molecule has 2 nitrogen and oxygen atoms in total. The van der Waals surface area contributed by atoms with E-state index in [1.165, 1.54) is 6.42 Å². The van der Waals surface area contributed by atoms with Gasteiger partial charge in [-0.05, 0) is 26.6 Å². The standard InChI is InChI=1S/C10H24N2/c1-6-9(3)10(11-7-2)8-12(4)5/h9-11H,6-8H2,1-5H3. The Morgan fingerprint density at radius 2 is 1.83 bits per heavy atom. The highest BCUT2D eigenvalue weighted by Gasteiger charge is 2.14. The molecule has 0 spiro atoms. The third-order valence-electron chi connectivity index (χ3n) is 2.36. The van der Waals surface area contributed by atoms with Crippen LogP contribution in [0.3, 0.4) is 0 Å². The molecule has 0 aromatic heterocycles. The van der Waals surface area contributed by atoms with Gasteiger partial charge in [0.05, 0.1) is 0 Å². The molecule has 0 aromatic rings. The first-order chi connectivity index (χ1) is 5.61. The van der Waals surface area contributed by atoms with Crippen molar-refractivity contribution in [3.8, 4) is 0 Å². The summed E-state index contributed by atoms with van der Waals surface area (Å²) >= 11 is 0. The number of nitrogens with one attached hydrogen (secondary N) is 1. The Balaban J connectivity index is 3.84. The van der Waals surface area contributed by atoms with E-state index in [2.05, 4.69) is 45.1 Å². The second-order valence-corrected chi connectivity index (χ2v) is 3.81. The number of rotatable bonds is 6. The van der Waals surface area contributed by atoms with Crippen molar-refractivity contribution in [2.24, 2.45) is 5.92 Å². The topological polar surface area (TPSA) is 15.3 Å². The maximum absolute atomic E-state index is 3.52. The highest BCUT2D eigenvalue weighted by molar-refractivity contribution is 4.73. The van der Waals surface area contributed by atoms with E-state index < -0.39 is 0 Å². The number of hydrogen-bond acceptors (Lipinski definition) is 2. The van der Waals surface area contributed by atoms with Gasteiger partial charge in [-0.15, -0.1) is 0 Å². The van der Waals surface area contributed by atoms with E-state index in [4.69, 9.17) is 0 Å². The highest BCUT2D eigenvalue weighted by atomic mass is 15.1. The average molecular weight is 172 g/mol. The van der Waals surface area contributed by atoms with Gasteiger partial charge in [0.25, 0.3) is 0 Å². The molecular weight excluding hydrogens is 148 g/mol. The highest BCUT2D eigenvalue weighted by Crippen LogP contribution is 2.07. The summed E-state index contributed by atoms with van der Waals surface area (Å²) in [5, 5.41) is 3.52. The van der Waals surface area contributed by atoms with Crippen LogP contribution in [0.1, 0.15) is 27.2 Å². The first-order valence-corrected chi connectivity index (χ1v) is 4.99. The van der Waals surface area contributed by atoms with Crippen LogP contribution in [0, 0.1) is 5.92 Å². The van der Waals surface area contributed by atoms with Gasteiger partial charge in [-0.25, -0.2) is 0 Å². The minimum absolute atomic E-state index is 0.648. The van der Waals surface area contributed by atoms with Crippen LogP contribution in [0.2, 0.25) is 0 Å². The van der Waals surface area contributed by atoms with Gasteiger partial charge in [-0.3, -0.25) is 0 Å². The average Bonchev–Trinajstić information content (AvgIpc) is 2.01. The lowest BCUT2D eigenvalue weighted by Crippen LogP contribution is -2.42. The number of likely N-dealkylation sites (N-methyl/N-ethyl adjacent to an activating group) is 2. The fourth-order valence-electron chi connectivity index (χ4n) is 1.39. The van der Waals surface area contributed by atoms with E-state index >= 15 is 0 Å². The van der Waals surface area contributed by atoms with E-state index in [1.807, 2.05) is 0 Å². The van der Waals surface area contributed by atoms with Gasteiger partial charge < -0.3 is 10.2 Å². The molecule has 2 atom stereocenters. The lowest BCUT2D eigenvalue weighted by molar-refractivity contribution is 0.278. The molecule has 0 aromatic carbocycles. The van der Waals surface area contributed by atoms with Crippen molar-refractivity contribution < 1.29 is 0 Å². The number of hydrogen-bond donors (Lipinski definition) is 1. The Morgan fingerprint density at radius 1 is 1.25 bits per heavy atom. The predicted octanol–water partition coefficient (Wildman–Crippen LogP) is 1.57. The zero-order valence-corrected chi connectivity index (χ0v) is 9.22. The SMILES string of the molecule is CCNC(CN(C)C)C(C)CC. The summed E-state index contributed by atoms with van der Waals surface area (Å²) in [5.74, 6) is 0.771. The van der Waals surface area contributed by atoms with Crippen LogP contribution in [-0.4, -0.2) is 38.1 Å². The van der Waals surface area contributed by atoms with Crippen molar-refractivity contribution in [2.45, 2.75) is 33.2 Å². The Labute approximate surface area is 77.3 Å². The molecule has 2 heteroatoms. The zero-order chi connectivity index (χ0) is 9.56. The minimum atomic E-state index is 0.648. The zero-order valence-electron chi connectivity index (χ0n) is 9.22. The van der Waals surface area contributed by atoms with Gasteiger partial charge in [0.2, 0.25) is 0 Å². The molecule has 0 radical (unpaired) electrons. The molecule has 0 saturated carbocycles. The molecule has 0 heterocycles. The summed E-state index contributed by atoms with van der Waals surface area (Å²) < 4.78 is 0. The molecule has 0 amide bonds. The van der Waals surface area contributed by atoms with Gasteiger partial charge in [0.1, 0.15) is 0 Å². The Hall–Kier alpha value is -0.0800. The predicted molar refractivity (Wildman–Crippen MR) is 55.5 cm³/mol. The van der Waals surface area contributed by atoms with Gasteiger partial charge in [0, 0.05) is 12.6 Å². The van der Waals surface area contributed by atoms with Gasteiger partial charge in [0.15, 0.2) is 0 Å². The first-order valence-electron chi connectivity index (χ1n) is 4.99. The third-order valence-corrected chi connectivity index (χ3v) is 2.36. The summed E-state index contributed by atoms with van der Waals surface area (Å²) in [7, 11) is 4.26. The van der Waals surface area contributed by atoms with Crippen LogP contribution in [0.5, 0.6) is 0 Å².